The molecule has 2 N–H and O–H groups in total. The van der Waals surface area contributed by atoms with Crippen LogP contribution in [-0.4, -0.2) is 17.8 Å². The molecule has 0 radical (unpaired) electrons. The quantitative estimate of drug-likeness (QED) is 0.786. The van der Waals surface area contributed by atoms with Gasteiger partial charge in [0.2, 0.25) is 0 Å². The number of hydrogen-bond donors (Lipinski definition) is 2. The molecule has 1 aromatic rings. The van der Waals surface area contributed by atoms with E-state index < -0.39 is 0 Å². The summed E-state index contributed by atoms with van der Waals surface area (Å²) >= 11 is 0. The first kappa shape index (κ1) is 15.5. The Balaban J connectivity index is 2.10. The summed E-state index contributed by atoms with van der Waals surface area (Å²) in [7, 11) is 0. The Bertz CT molecular complexity index is 359. The fourth-order valence-electron chi connectivity index (χ4n) is 3.45. The molecule has 1 saturated carbocycles. The Morgan fingerprint density at radius 1 is 1.15 bits per heavy atom. The van der Waals surface area contributed by atoms with Gasteiger partial charge in [-0.05, 0) is 37.2 Å². The zero-order valence-electron chi connectivity index (χ0n) is 12.7. The predicted octanol–water partition coefficient (Wildman–Crippen LogP) is 4.06. The van der Waals surface area contributed by atoms with E-state index in [1.54, 1.807) is 0 Å². The van der Waals surface area contributed by atoms with Crippen LogP contribution in [0.25, 0.3) is 0 Å². The molecule has 2 unspecified atom stereocenters. The SMILES string of the molecule is CCC(CCO)NC(c1ccccc1)C1CCCCC1. The fourth-order valence-corrected chi connectivity index (χ4v) is 3.45. The summed E-state index contributed by atoms with van der Waals surface area (Å²) in [4.78, 5) is 0. The normalized spacial score (nSPS) is 19.7. The van der Waals surface area contributed by atoms with Crippen LogP contribution in [0.2, 0.25) is 0 Å². The Labute approximate surface area is 123 Å². The van der Waals surface area contributed by atoms with E-state index in [2.05, 4.69) is 42.6 Å². The van der Waals surface area contributed by atoms with Gasteiger partial charge in [-0.1, -0.05) is 56.5 Å². The molecule has 20 heavy (non-hydrogen) atoms. The molecule has 2 rings (SSSR count). The molecule has 2 nitrogen and oxygen atoms in total. The van der Waals surface area contributed by atoms with Crippen LogP contribution in [0.4, 0.5) is 0 Å². The van der Waals surface area contributed by atoms with Gasteiger partial charge in [-0.3, -0.25) is 0 Å². The van der Waals surface area contributed by atoms with E-state index in [0.29, 0.717) is 12.1 Å². The van der Waals surface area contributed by atoms with Crippen LogP contribution in [0, 0.1) is 5.92 Å². The first-order chi connectivity index (χ1) is 9.85. The second-order valence-corrected chi connectivity index (χ2v) is 6.07. The van der Waals surface area contributed by atoms with Gasteiger partial charge in [-0.25, -0.2) is 0 Å². The molecule has 1 aliphatic rings. The predicted molar refractivity (Wildman–Crippen MR) is 84.7 cm³/mol. The van der Waals surface area contributed by atoms with Crippen molar-refractivity contribution in [2.45, 2.75) is 64.0 Å². The van der Waals surface area contributed by atoms with Crippen molar-refractivity contribution < 1.29 is 5.11 Å². The molecule has 0 aliphatic heterocycles. The highest BCUT2D eigenvalue weighted by Gasteiger charge is 2.26. The van der Waals surface area contributed by atoms with Crippen molar-refractivity contribution in [3.63, 3.8) is 0 Å². The summed E-state index contributed by atoms with van der Waals surface area (Å²) < 4.78 is 0. The topological polar surface area (TPSA) is 32.3 Å². The number of benzene rings is 1. The van der Waals surface area contributed by atoms with Gasteiger partial charge in [0.05, 0.1) is 0 Å². The molecule has 1 fully saturated rings. The molecular weight excluding hydrogens is 246 g/mol. The van der Waals surface area contributed by atoms with Crippen molar-refractivity contribution in [3.05, 3.63) is 35.9 Å². The third-order valence-electron chi connectivity index (χ3n) is 4.67. The van der Waals surface area contributed by atoms with E-state index in [9.17, 15) is 5.11 Å². The standard InChI is InChI=1S/C18H29NO/c1-2-17(13-14-20)19-18(15-9-5-3-6-10-15)16-11-7-4-8-12-16/h3,5-6,9-10,16-20H,2,4,7-8,11-14H2,1H3. The lowest BCUT2D eigenvalue weighted by Crippen LogP contribution is -2.37. The van der Waals surface area contributed by atoms with Gasteiger partial charge in [-0.2, -0.15) is 0 Å². The lowest BCUT2D eigenvalue weighted by molar-refractivity contribution is 0.219. The molecule has 0 bridgehead atoms. The maximum Gasteiger partial charge on any atom is 0.0445 e. The highest BCUT2D eigenvalue weighted by molar-refractivity contribution is 5.20. The molecule has 2 atom stereocenters. The average Bonchev–Trinajstić information content (AvgIpc) is 2.53. The number of aliphatic hydroxyl groups excluding tert-OH is 1. The molecule has 2 heteroatoms. The van der Waals surface area contributed by atoms with E-state index in [0.717, 1.165) is 18.8 Å². The minimum absolute atomic E-state index is 0.275. The van der Waals surface area contributed by atoms with Gasteiger partial charge in [0.1, 0.15) is 0 Å². The molecule has 0 amide bonds. The summed E-state index contributed by atoms with van der Waals surface area (Å²) in [6.45, 7) is 2.48. The minimum Gasteiger partial charge on any atom is -0.396 e. The van der Waals surface area contributed by atoms with Crippen molar-refractivity contribution in [2.75, 3.05) is 6.61 Å². The molecular formula is C18H29NO. The first-order valence-corrected chi connectivity index (χ1v) is 8.27. The van der Waals surface area contributed by atoms with Crippen LogP contribution in [0.3, 0.4) is 0 Å². The van der Waals surface area contributed by atoms with Crippen LogP contribution in [0.1, 0.15) is 63.5 Å². The largest absolute Gasteiger partial charge is 0.396 e. The Morgan fingerprint density at radius 3 is 2.45 bits per heavy atom. The van der Waals surface area contributed by atoms with Crippen LogP contribution in [-0.2, 0) is 0 Å². The van der Waals surface area contributed by atoms with Crippen molar-refractivity contribution in [1.29, 1.82) is 0 Å². The van der Waals surface area contributed by atoms with Gasteiger partial charge in [0, 0.05) is 18.7 Å². The van der Waals surface area contributed by atoms with Gasteiger partial charge >= 0.3 is 0 Å². The van der Waals surface area contributed by atoms with Gasteiger partial charge in [0.15, 0.2) is 0 Å². The highest BCUT2D eigenvalue weighted by Crippen LogP contribution is 2.35. The average molecular weight is 275 g/mol. The molecule has 0 spiro atoms. The molecule has 112 valence electrons. The highest BCUT2D eigenvalue weighted by atomic mass is 16.3. The zero-order valence-corrected chi connectivity index (χ0v) is 12.7. The van der Waals surface area contributed by atoms with Crippen molar-refractivity contribution in [1.82, 2.24) is 5.32 Å². The van der Waals surface area contributed by atoms with E-state index in [1.807, 2.05) is 0 Å². The monoisotopic (exact) mass is 275 g/mol. The van der Waals surface area contributed by atoms with Crippen molar-refractivity contribution in [2.24, 2.45) is 5.92 Å². The van der Waals surface area contributed by atoms with Gasteiger partial charge < -0.3 is 10.4 Å². The summed E-state index contributed by atoms with van der Waals surface area (Å²) in [5.41, 5.74) is 1.41. The maximum atomic E-state index is 9.22. The van der Waals surface area contributed by atoms with E-state index in [-0.39, 0.29) is 6.61 Å². The molecule has 0 saturated heterocycles. The Kier molecular flexibility index (Phi) is 6.55. The Hall–Kier alpha value is -0.860. The molecule has 0 aromatic heterocycles. The summed E-state index contributed by atoms with van der Waals surface area (Å²) in [6, 6.07) is 11.7. The van der Waals surface area contributed by atoms with Crippen LogP contribution in [0.5, 0.6) is 0 Å². The van der Waals surface area contributed by atoms with Crippen LogP contribution < -0.4 is 5.32 Å². The number of nitrogens with one attached hydrogen (secondary N) is 1. The van der Waals surface area contributed by atoms with Crippen LogP contribution >= 0.6 is 0 Å². The second-order valence-electron chi connectivity index (χ2n) is 6.07. The van der Waals surface area contributed by atoms with E-state index in [1.165, 1.54) is 37.7 Å². The first-order valence-electron chi connectivity index (χ1n) is 8.27. The number of aliphatic hydroxyl groups is 1. The zero-order chi connectivity index (χ0) is 14.2. The summed E-state index contributed by atoms with van der Waals surface area (Å²) in [5.74, 6) is 0.749. The summed E-state index contributed by atoms with van der Waals surface area (Å²) in [6.07, 6.45) is 8.73. The fraction of sp³-hybridized carbons (Fsp3) is 0.667. The van der Waals surface area contributed by atoms with Gasteiger partial charge in [0.25, 0.3) is 0 Å². The third kappa shape index (κ3) is 4.32. The van der Waals surface area contributed by atoms with Gasteiger partial charge in [-0.15, -0.1) is 0 Å². The number of hydrogen-bond acceptors (Lipinski definition) is 2. The third-order valence-corrected chi connectivity index (χ3v) is 4.67. The number of rotatable bonds is 7. The second kappa shape index (κ2) is 8.43. The summed E-state index contributed by atoms with van der Waals surface area (Å²) in [5, 5.41) is 13.1. The minimum atomic E-state index is 0.275. The van der Waals surface area contributed by atoms with Crippen molar-refractivity contribution in [3.8, 4) is 0 Å². The van der Waals surface area contributed by atoms with E-state index >= 15 is 0 Å². The Morgan fingerprint density at radius 2 is 1.85 bits per heavy atom. The lowest BCUT2D eigenvalue weighted by atomic mass is 9.80. The van der Waals surface area contributed by atoms with E-state index in [4.69, 9.17) is 0 Å². The van der Waals surface area contributed by atoms with Crippen molar-refractivity contribution >= 4 is 0 Å². The van der Waals surface area contributed by atoms with Crippen LogP contribution in [0.15, 0.2) is 30.3 Å². The maximum absolute atomic E-state index is 9.22. The molecule has 0 heterocycles. The molecule has 1 aliphatic carbocycles. The lowest BCUT2D eigenvalue weighted by Gasteiger charge is -2.34. The molecule has 1 aromatic carbocycles. The smallest absolute Gasteiger partial charge is 0.0445 e.